The number of rotatable bonds is 5. The van der Waals surface area contributed by atoms with E-state index in [1.165, 1.54) is 0 Å². The van der Waals surface area contributed by atoms with Gasteiger partial charge in [0.05, 0.1) is 16.5 Å². The minimum atomic E-state index is -3.58. The van der Waals surface area contributed by atoms with Gasteiger partial charge in [0, 0.05) is 12.6 Å². The molecule has 1 aliphatic heterocycles. The number of hydrogen-bond donors (Lipinski definition) is 2. The zero-order valence-electron chi connectivity index (χ0n) is 12.8. The lowest BCUT2D eigenvalue weighted by atomic mass is 9.97. The third-order valence-corrected chi connectivity index (χ3v) is 5.90. The lowest BCUT2D eigenvalue weighted by Gasteiger charge is -2.28. The normalized spacial score (nSPS) is 27.7. The first-order valence-electron chi connectivity index (χ1n) is 7.29. The zero-order chi connectivity index (χ0) is 15.7. The Morgan fingerprint density at radius 2 is 2.24 bits per heavy atom. The molecule has 0 radical (unpaired) electrons. The van der Waals surface area contributed by atoms with Gasteiger partial charge >= 0.3 is 0 Å². The Kier molecular flexibility index (Phi) is 4.72. The van der Waals surface area contributed by atoms with E-state index in [2.05, 4.69) is 4.72 Å². The minimum Gasteiger partial charge on any atom is -0.376 e. The van der Waals surface area contributed by atoms with Gasteiger partial charge in [-0.2, -0.15) is 0 Å². The van der Waals surface area contributed by atoms with E-state index in [0.717, 1.165) is 12.0 Å². The van der Waals surface area contributed by atoms with Gasteiger partial charge < -0.3 is 10.5 Å². The second-order valence-electron chi connectivity index (χ2n) is 5.87. The maximum Gasteiger partial charge on any atom is 0.241 e. The van der Waals surface area contributed by atoms with Crippen molar-refractivity contribution in [3.8, 4) is 0 Å². The van der Waals surface area contributed by atoms with Gasteiger partial charge in [0.2, 0.25) is 10.0 Å². The first-order valence-corrected chi connectivity index (χ1v) is 8.78. The van der Waals surface area contributed by atoms with Crippen molar-refractivity contribution in [3.63, 3.8) is 0 Å². The summed E-state index contributed by atoms with van der Waals surface area (Å²) in [5.74, 6) is 0. The van der Waals surface area contributed by atoms with Gasteiger partial charge in [-0.05, 0) is 44.4 Å². The molecule has 118 valence electrons. The Balaban J connectivity index is 2.28. The molecule has 1 aliphatic rings. The fourth-order valence-corrected chi connectivity index (χ4v) is 4.03. The fraction of sp³-hybridized carbons (Fsp3) is 0.600. The monoisotopic (exact) mass is 312 g/mol. The van der Waals surface area contributed by atoms with Crippen molar-refractivity contribution in [1.82, 2.24) is 4.72 Å². The van der Waals surface area contributed by atoms with Gasteiger partial charge in [0.25, 0.3) is 0 Å². The summed E-state index contributed by atoms with van der Waals surface area (Å²) in [6.07, 6.45) is 1.29. The van der Waals surface area contributed by atoms with E-state index >= 15 is 0 Å². The molecule has 1 heterocycles. The molecule has 3 N–H and O–H groups in total. The molecule has 0 bridgehead atoms. The Morgan fingerprint density at radius 3 is 2.81 bits per heavy atom. The van der Waals surface area contributed by atoms with Crippen LogP contribution in [0.25, 0.3) is 0 Å². The molecule has 21 heavy (non-hydrogen) atoms. The van der Waals surface area contributed by atoms with Crippen LogP contribution in [-0.2, 0) is 14.8 Å². The summed E-state index contributed by atoms with van der Waals surface area (Å²) in [7, 11) is -3.58. The molecule has 1 aromatic carbocycles. The van der Waals surface area contributed by atoms with E-state index in [1.54, 1.807) is 18.2 Å². The standard InChI is InChI=1S/C15H24N2O3S/c1-4-14(16)12-6-5-7-13(10-12)21(18,19)17-15(3)8-9-20-11(15)2/h5-7,10-11,14,17H,4,8-9,16H2,1-3H3. The summed E-state index contributed by atoms with van der Waals surface area (Å²) in [5, 5.41) is 0. The van der Waals surface area contributed by atoms with Crippen LogP contribution < -0.4 is 10.5 Å². The lowest BCUT2D eigenvalue weighted by molar-refractivity contribution is 0.0957. The smallest absolute Gasteiger partial charge is 0.241 e. The van der Waals surface area contributed by atoms with Crippen molar-refractivity contribution >= 4 is 10.0 Å². The molecule has 0 aromatic heterocycles. The zero-order valence-corrected chi connectivity index (χ0v) is 13.6. The first-order chi connectivity index (χ1) is 9.78. The topological polar surface area (TPSA) is 81.4 Å². The van der Waals surface area contributed by atoms with Crippen molar-refractivity contribution in [2.75, 3.05) is 6.61 Å². The van der Waals surface area contributed by atoms with Crippen LogP contribution in [0.1, 0.15) is 45.2 Å². The fourth-order valence-electron chi connectivity index (χ4n) is 2.48. The highest BCUT2D eigenvalue weighted by atomic mass is 32.2. The molecule has 0 saturated carbocycles. The number of nitrogens with two attached hydrogens (primary N) is 1. The molecule has 2 rings (SSSR count). The van der Waals surface area contributed by atoms with Gasteiger partial charge in [-0.3, -0.25) is 0 Å². The summed E-state index contributed by atoms with van der Waals surface area (Å²) < 4.78 is 33.5. The van der Waals surface area contributed by atoms with Crippen LogP contribution in [0.3, 0.4) is 0 Å². The van der Waals surface area contributed by atoms with Crippen LogP contribution in [0.4, 0.5) is 0 Å². The van der Waals surface area contributed by atoms with E-state index in [1.807, 2.05) is 26.8 Å². The third-order valence-electron chi connectivity index (χ3n) is 4.29. The van der Waals surface area contributed by atoms with Crippen molar-refractivity contribution < 1.29 is 13.2 Å². The Hall–Kier alpha value is -0.950. The Morgan fingerprint density at radius 1 is 1.52 bits per heavy atom. The number of benzene rings is 1. The van der Waals surface area contributed by atoms with E-state index in [9.17, 15) is 8.42 Å². The van der Waals surface area contributed by atoms with E-state index < -0.39 is 15.6 Å². The van der Waals surface area contributed by atoms with Crippen molar-refractivity contribution in [2.45, 2.75) is 56.2 Å². The molecule has 0 aliphatic carbocycles. The first kappa shape index (κ1) is 16.4. The molecule has 1 saturated heterocycles. The summed E-state index contributed by atoms with van der Waals surface area (Å²) in [6, 6.07) is 6.69. The van der Waals surface area contributed by atoms with Crippen molar-refractivity contribution in [2.24, 2.45) is 5.73 Å². The number of ether oxygens (including phenoxy) is 1. The number of nitrogens with one attached hydrogen (secondary N) is 1. The highest BCUT2D eigenvalue weighted by Crippen LogP contribution is 2.28. The van der Waals surface area contributed by atoms with Gasteiger partial charge in [-0.25, -0.2) is 13.1 Å². The van der Waals surface area contributed by atoms with Crippen LogP contribution in [0, 0.1) is 0 Å². The van der Waals surface area contributed by atoms with Crippen LogP contribution in [0.5, 0.6) is 0 Å². The van der Waals surface area contributed by atoms with Gasteiger partial charge in [-0.15, -0.1) is 0 Å². The minimum absolute atomic E-state index is 0.145. The van der Waals surface area contributed by atoms with Crippen LogP contribution >= 0.6 is 0 Å². The van der Waals surface area contributed by atoms with Gasteiger partial charge in [-0.1, -0.05) is 19.1 Å². The van der Waals surface area contributed by atoms with E-state index in [0.29, 0.717) is 13.0 Å². The quantitative estimate of drug-likeness (QED) is 0.870. The molecule has 0 spiro atoms. The molecule has 6 heteroatoms. The average molecular weight is 312 g/mol. The van der Waals surface area contributed by atoms with Crippen molar-refractivity contribution in [1.29, 1.82) is 0 Å². The SMILES string of the molecule is CCC(N)c1cccc(S(=O)(=O)NC2(C)CCOC2C)c1. The largest absolute Gasteiger partial charge is 0.376 e. The number of hydrogen-bond acceptors (Lipinski definition) is 4. The summed E-state index contributed by atoms with van der Waals surface area (Å²) in [6.45, 7) is 6.31. The van der Waals surface area contributed by atoms with Crippen LogP contribution in [0.2, 0.25) is 0 Å². The molecule has 3 unspecified atom stereocenters. The Labute approximate surface area is 126 Å². The molecule has 1 fully saturated rings. The molecule has 0 amide bonds. The summed E-state index contributed by atoms with van der Waals surface area (Å²) in [5.41, 5.74) is 6.25. The lowest BCUT2D eigenvalue weighted by Crippen LogP contribution is -2.50. The second-order valence-corrected chi connectivity index (χ2v) is 7.56. The maximum absolute atomic E-state index is 12.6. The predicted molar refractivity (Wildman–Crippen MR) is 82.4 cm³/mol. The average Bonchev–Trinajstić information content (AvgIpc) is 2.76. The highest BCUT2D eigenvalue weighted by molar-refractivity contribution is 7.89. The van der Waals surface area contributed by atoms with Crippen LogP contribution in [-0.4, -0.2) is 26.7 Å². The molecule has 3 atom stereocenters. The summed E-state index contributed by atoms with van der Waals surface area (Å²) >= 11 is 0. The molecular weight excluding hydrogens is 288 g/mol. The van der Waals surface area contributed by atoms with E-state index in [-0.39, 0.29) is 17.0 Å². The maximum atomic E-state index is 12.6. The third kappa shape index (κ3) is 3.45. The van der Waals surface area contributed by atoms with Gasteiger partial charge in [0.15, 0.2) is 0 Å². The van der Waals surface area contributed by atoms with Crippen LogP contribution in [0.15, 0.2) is 29.2 Å². The van der Waals surface area contributed by atoms with Crippen molar-refractivity contribution in [3.05, 3.63) is 29.8 Å². The Bertz CT molecular complexity index is 603. The highest BCUT2D eigenvalue weighted by Gasteiger charge is 2.40. The predicted octanol–water partition coefficient (Wildman–Crippen LogP) is 1.94. The molecule has 1 aromatic rings. The molecule has 5 nitrogen and oxygen atoms in total. The van der Waals surface area contributed by atoms with Gasteiger partial charge in [0.1, 0.15) is 0 Å². The summed E-state index contributed by atoms with van der Waals surface area (Å²) in [4.78, 5) is 0.254. The van der Waals surface area contributed by atoms with E-state index in [4.69, 9.17) is 10.5 Å². The number of sulfonamides is 1. The molecular formula is C15H24N2O3S. The second kappa shape index (κ2) is 6.04.